The average Bonchev–Trinajstić information content (AvgIpc) is 2.40. The summed E-state index contributed by atoms with van der Waals surface area (Å²) >= 11 is 0. The van der Waals surface area contributed by atoms with Crippen molar-refractivity contribution in [2.45, 2.75) is 39.2 Å². The molecule has 0 saturated carbocycles. The Morgan fingerprint density at radius 1 is 1.11 bits per heavy atom. The minimum Gasteiger partial charge on any atom is -0.388 e. The Balaban J connectivity index is 1.91. The van der Waals surface area contributed by atoms with Gasteiger partial charge in [0.25, 0.3) is 0 Å². The lowest BCUT2D eigenvalue weighted by Gasteiger charge is -2.28. The number of benzene rings is 1. The molecule has 100 valence electrons. The summed E-state index contributed by atoms with van der Waals surface area (Å²) in [5.74, 6) is 0.334. The fourth-order valence-corrected chi connectivity index (χ4v) is 2.92. The van der Waals surface area contributed by atoms with E-state index in [0.717, 1.165) is 12.1 Å². The maximum Gasteiger partial charge on any atom is 0.0869 e. The number of nitrogens with one attached hydrogen (secondary N) is 1. The smallest absolute Gasteiger partial charge is 0.0869 e. The van der Waals surface area contributed by atoms with Gasteiger partial charge in [-0.2, -0.15) is 0 Å². The predicted octanol–water partition coefficient (Wildman–Crippen LogP) is 1.73. The van der Waals surface area contributed by atoms with Crippen molar-refractivity contribution in [1.82, 2.24) is 0 Å². The van der Waals surface area contributed by atoms with Crippen molar-refractivity contribution in [1.29, 1.82) is 0 Å². The molecule has 2 unspecified atom stereocenters. The van der Waals surface area contributed by atoms with Crippen molar-refractivity contribution in [2.75, 3.05) is 19.6 Å². The highest BCUT2D eigenvalue weighted by Crippen LogP contribution is 2.21. The molecule has 0 aromatic heterocycles. The van der Waals surface area contributed by atoms with Crippen molar-refractivity contribution < 1.29 is 10.0 Å². The maximum absolute atomic E-state index is 10.4. The molecular weight excluding hydrogens is 222 g/mol. The van der Waals surface area contributed by atoms with E-state index < -0.39 is 0 Å². The van der Waals surface area contributed by atoms with Gasteiger partial charge in [-0.15, -0.1) is 0 Å². The Labute approximate surface area is 111 Å². The first-order chi connectivity index (χ1) is 8.66. The van der Waals surface area contributed by atoms with Crippen LogP contribution in [0.5, 0.6) is 0 Å². The van der Waals surface area contributed by atoms with Crippen LogP contribution in [0.3, 0.4) is 0 Å². The van der Waals surface area contributed by atoms with Gasteiger partial charge in [0.05, 0.1) is 25.7 Å². The van der Waals surface area contributed by atoms with Crippen molar-refractivity contribution in [2.24, 2.45) is 5.92 Å². The van der Waals surface area contributed by atoms with Crippen LogP contribution in [0.25, 0.3) is 0 Å². The summed E-state index contributed by atoms with van der Waals surface area (Å²) in [7, 11) is 0. The molecule has 1 aliphatic rings. The number of hydrogen-bond acceptors (Lipinski definition) is 1. The Hall–Kier alpha value is -0.860. The normalized spacial score (nSPS) is 20.6. The van der Waals surface area contributed by atoms with Gasteiger partial charge in [-0.1, -0.05) is 36.8 Å². The van der Waals surface area contributed by atoms with Crippen molar-refractivity contribution in [3.63, 3.8) is 0 Å². The highest BCUT2D eigenvalue weighted by Gasteiger charge is 2.22. The Bertz CT molecular complexity index is 354. The van der Waals surface area contributed by atoms with Crippen molar-refractivity contribution in [3.05, 3.63) is 35.4 Å². The van der Waals surface area contributed by atoms with Gasteiger partial charge in [0.1, 0.15) is 0 Å². The highest BCUT2D eigenvalue weighted by molar-refractivity contribution is 5.23. The van der Waals surface area contributed by atoms with Crippen LogP contribution in [0.4, 0.5) is 0 Å². The molecule has 1 aromatic carbocycles. The van der Waals surface area contributed by atoms with Gasteiger partial charge in [-0.05, 0) is 31.7 Å². The van der Waals surface area contributed by atoms with Crippen LogP contribution in [0.15, 0.2) is 24.3 Å². The van der Waals surface area contributed by atoms with Gasteiger partial charge in [0, 0.05) is 5.92 Å². The molecule has 2 atom stereocenters. The molecule has 2 rings (SSSR count). The molecule has 1 fully saturated rings. The second-order valence-electron chi connectivity index (χ2n) is 5.85. The molecule has 0 amide bonds. The Kier molecular flexibility index (Phi) is 4.79. The fourth-order valence-electron chi connectivity index (χ4n) is 2.92. The zero-order chi connectivity index (χ0) is 13.0. The van der Waals surface area contributed by atoms with Crippen molar-refractivity contribution in [3.8, 4) is 0 Å². The van der Waals surface area contributed by atoms with E-state index in [0.29, 0.717) is 5.92 Å². The van der Waals surface area contributed by atoms with E-state index in [-0.39, 0.29) is 6.10 Å². The molecule has 0 spiro atoms. The summed E-state index contributed by atoms with van der Waals surface area (Å²) in [6, 6.07) is 8.28. The van der Waals surface area contributed by atoms with E-state index >= 15 is 0 Å². The molecular formula is C16H26NO+. The lowest BCUT2D eigenvalue weighted by molar-refractivity contribution is -0.908. The van der Waals surface area contributed by atoms with E-state index in [9.17, 15) is 5.11 Å². The minimum absolute atomic E-state index is 0.319. The highest BCUT2D eigenvalue weighted by atomic mass is 16.3. The summed E-state index contributed by atoms with van der Waals surface area (Å²) in [4.78, 5) is 1.67. The Morgan fingerprint density at radius 3 is 2.33 bits per heavy atom. The minimum atomic E-state index is -0.319. The van der Waals surface area contributed by atoms with Gasteiger partial charge in [-0.3, -0.25) is 0 Å². The van der Waals surface area contributed by atoms with Crippen LogP contribution in [0.1, 0.15) is 43.4 Å². The van der Waals surface area contributed by atoms with E-state index in [1.54, 1.807) is 4.90 Å². The summed E-state index contributed by atoms with van der Waals surface area (Å²) in [5, 5.41) is 10.4. The maximum atomic E-state index is 10.4. The van der Waals surface area contributed by atoms with Gasteiger partial charge >= 0.3 is 0 Å². The third-order valence-electron chi connectivity index (χ3n) is 4.13. The quantitative estimate of drug-likeness (QED) is 0.833. The predicted molar refractivity (Wildman–Crippen MR) is 74.7 cm³/mol. The number of likely N-dealkylation sites (tertiary alicyclic amines) is 1. The Morgan fingerprint density at radius 2 is 1.72 bits per heavy atom. The van der Waals surface area contributed by atoms with Gasteiger partial charge in [0.15, 0.2) is 0 Å². The molecule has 2 N–H and O–H groups in total. The second-order valence-corrected chi connectivity index (χ2v) is 5.85. The van der Waals surface area contributed by atoms with Gasteiger partial charge in [-0.25, -0.2) is 0 Å². The molecule has 2 heteroatoms. The average molecular weight is 248 g/mol. The molecule has 0 bridgehead atoms. The van der Waals surface area contributed by atoms with E-state index in [1.807, 2.05) is 0 Å². The van der Waals surface area contributed by atoms with Crippen LogP contribution < -0.4 is 4.90 Å². The third kappa shape index (κ3) is 3.56. The molecule has 0 radical (unpaired) electrons. The molecule has 1 saturated heterocycles. The number of hydrogen-bond donors (Lipinski definition) is 2. The largest absolute Gasteiger partial charge is 0.388 e. The molecule has 1 aliphatic heterocycles. The van der Waals surface area contributed by atoms with Gasteiger partial charge < -0.3 is 10.0 Å². The number of aliphatic hydroxyl groups is 1. The summed E-state index contributed by atoms with van der Waals surface area (Å²) in [5.41, 5.74) is 2.31. The SMILES string of the molecule is Cc1ccc(C(O)C(C)C[NH+]2CCCCC2)cc1. The van der Waals surface area contributed by atoms with E-state index in [4.69, 9.17) is 0 Å². The molecule has 1 heterocycles. The molecule has 18 heavy (non-hydrogen) atoms. The number of quaternary nitrogens is 1. The summed E-state index contributed by atoms with van der Waals surface area (Å²) in [6.45, 7) is 7.91. The zero-order valence-corrected chi connectivity index (χ0v) is 11.7. The first-order valence-electron chi connectivity index (χ1n) is 7.25. The fraction of sp³-hybridized carbons (Fsp3) is 0.625. The number of piperidine rings is 1. The van der Waals surface area contributed by atoms with Crippen LogP contribution in [0.2, 0.25) is 0 Å². The van der Waals surface area contributed by atoms with Crippen LogP contribution >= 0.6 is 0 Å². The number of rotatable bonds is 4. The lowest BCUT2D eigenvalue weighted by atomic mass is 9.95. The third-order valence-corrected chi connectivity index (χ3v) is 4.13. The zero-order valence-electron chi connectivity index (χ0n) is 11.7. The summed E-state index contributed by atoms with van der Waals surface area (Å²) < 4.78 is 0. The van der Waals surface area contributed by atoms with Crippen molar-refractivity contribution >= 4 is 0 Å². The second kappa shape index (κ2) is 6.35. The molecule has 0 aliphatic carbocycles. The first-order valence-corrected chi connectivity index (χ1v) is 7.25. The van der Waals surface area contributed by atoms with E-state index in [2.05, 4.69) is 38.1 Å². The molecule has 2 nitrogen and oxygen atoms in total. The summed E-state index contributed by atoms with van der Waals surface area (Å²) in [6.07, 6.45) is 3.77. The lowest BCUT2D eigenvalue weighted by Crippen LogP contribution is -3.13. The first kappa shape index (κ1) is 13.6. The van der Waals surface area contributed by atoms with Crippen LogP contribution in [-0.4, -0.2) is 24.7 Å². The number of aryl methyl sites for hydroxylation is 1. The monoisotopic (exact) mass is 248 g/mol. The van der Waals surface area contributed by atoms with Crippen LogP contribution in [-0.2, 0) is 0 Å². The number of aliphatic hydroxyl groups excluding tert-OH is 1. The van der Waals surface area contributed by atoms with E-state index in [1.165, 1.54) is 37.9 Å². The van der Waals surface area contributed by atoms with Crippen LogP contribution in [0, 0.1) is 12.8 Å². The van der Waals surface area contributed by atoms with Gasteiger partial charge in [0.2, 0.25) is 0 Å². The standard InChI is InChI=1S/C16H25NO/c1-13-6-8-15(9-7-13)16(18)14(2)12-17-10-4-3-5-11-17/h6-9,14,16,18H,3-5,10-12H2,1-2H3/p+1. The topological polar surface area (TPSA) is 24.7 Å². The molecule has 1 aromatic rings.